The molecule has 1 N–H and O–H groups in total. The lowest BCUT2D eigenvalue weighted by molar-refractivity contribution is -0.128. The van der Waals surface area contributed by atoms with Gasteiger partial charge in [-0.3, -0.25) is 4.79 Å². The van der Waals surface area contributed by atoms with Gasteiger partial charge in [-0.2, -0.15) is 0 Å². The smallest absolute Gasteiger partial charge is 0.253 e. The number of likely N-dealkylation sites (tertiary alicyclic amines) is 2. The minimum absolute atomic E-state index is 0.165. The van der Waals surface area contributed by atoms with E-state index in [1.54, 1.807) is 0 Å². The Hall–Kier alpha value is -2.93. The van der Waals surface area contributed by atoms with Crippen LogP contribution in [0.3, 0.4) is 0 Å². The minimum atomic E-state index is 0.165. The molecule has 0 aliphatic carbocycles. The summed E-state index contributed by atoms with van der Waals surface area (Å²) >= 11 is 0. The number of piperidine rings is 1. The highest BCUT2D eigenvalue weighted by atomic mass is 16.2. The summed E-state index contributed by atoms with van der Waals surface area (Å²) in [6.07, 6.45) is 15.6. The summed E-state index contributed by atoms with van der Waals surface area (Å²) in [6.45, 7) is 10.9. The van der Waals surface area contributed by atoms with E-state index in [1.165, 1.54) is 25.9 Å². The summed E-state index contributed by atoms with van der Waals surface area (Å²) in [4.78, 5) is 27.2. The third kappa shape index (κ3) is 6.20. The maximum Gasteiger partial charge on any atom is 0.253 e. The number of hydrogen-bond donors (Lipinski definition) is 1. The summed E-state index contributed by atoms with van der Waals surface area (Å²) < 4.78 is 2.02. The second-order valence-electron chi connectivity index (χ2n) is 9.89. The Balaban J connectivity index is 1.36. The van der Waals surface area contributed by atoms with Crippen molar-refractivity contribution in [3.8, 4) is 11.3 Å². The molecule has 0 bridgehead atoms. The van der Waals surface area contributed by atoms with E-state index in [0.717, 1.165) is 60.3 Å². The van der Waals surface area contributed by atoms with Gasteiger partial charge >= 0.3 is 0 Å². The zero-order chi connectivity index (χ0) is 24.8. The molecule has 2 aliphatic rings. The van der Waals surface area contributed by atoms with Crippen molar-refractivity contribution in [3.63, 3.8) is 0 Å². The third-order valence-corrected chi connectivity index (χ3v) is 7.37. The number of rotatable bonds is 8. The molecule has 7 nitrogen and oxygen atoms in total. The van der Waals surface area contributed by atoms with Gasteiger partial charge in [-0.25, -0.2) is 9.97 Å². The van der Waals surface area contributed by atoms with Crippen molar-refractivity contribution in [2.24, 2.45) is 7.05 Å². The average molecular weight is 477 g/mol. The normalized spacial score (nSPS) is 18.3. The van der Waals surface area contributed by atoms with Gasteiger partial charge in [0.1, 0.15) is 0 Å². The maximum atomic E-state index is 13.4. The van der Waals surface area contributed by atoms with Gasteiger partial charge in [-0.05, 0) is 70.7 Å². The fourth-order valence-corrected chi connectivity index (χ4v) is 5.09. The van der Waals surface area contributed by atoms with Gasteiger partial charge in [0.15, 0.2) is 0 Å². The lowest BCUT2D eigenvalue weighted by Crippen LogP contribution is -2.46. The first-order valence-electron chi connectivity index (χ1n) is 13.1. The summed E-state index contributed by atoms with van der Waals surface area (Å²) in [7, 11) is 2.00. The van der Waals surface area contributed by atoms with Crippen LogP contribution in [-0.4, -0.2) is 69.0 Å². The first-order valence-corrected chi connectivity index (χ1v) is 13.1. The van der Waals surface area contributed by atoms with E-state index in [2.05, 4.69) is 41.3 Å². The number of anilines is 1. The molecule has 0 saturated carbocycles. The summed E-state index contributed by atoms with van der Waals surface area (Å²) in [5, 5.41) is 3.29. The second kappa shape index (κ2) is 11.7. The Morgan fingerprint density at radius 1 is 1.20 bits per heavy atom. The Kier molecular flexibility index (Phi) is 8.39. The number of hydrogen-bond acceptors (Lipinski definition) is 5. The molecule has 35 heavy (non-hydrogen) atoms. The average Bonchev–Trinajstić information content (AvgIpc) is 3.56. The lowest BCUT2D eigenvalue weighted by atomic mass is 10.0. The van der Waals surface area contributed by atoms with Crippen LogP contribution in [0.5, 0.6) is 0 Å². The van der Waals surface area contributed by atoms with Crippen LogP contribution in [0.25, 0.3) is 11.3 Å². The molecule has 2 aliphatic heterocycles. The number of nitrogens with zero attached hydrogens (tertiary/aromatic N) is 5. The quantitative estimate of drug-likeness (QED) is 0.447. The molecule has 2 saturated heterocycles. The van der Waals surface area contributed by atoms with Crippen LogP contribution in [0.1, 0.15) is 51.5 Å². The van der Waals surface area contributed by atoms with E-state index < -0.39 is 0 Å². The maximum absolute atomic E-state index is 13.4. The molecule has 0 spiro atoms. The highest BCUT2D eigenvalue weighted by Gasteiger charge is 2.29. The fourth-order valence-electron chi connectivity index (χ4n) is 5.09. The van der Waals surface area contributed by atoms with Crippen molar-refractivity contribution in [1.82, 2.24) is 24.3 Å². The molecule has 0 unspecified atom stereocenters. The monoisotopic (exact) mass is 476 g/mol. The molecular weight excluding hydrogens is 436 g/mol. The van der Waals surface area contributed by atoms with Crippen molar-refractivity contribution in [2.45, 2.75) is 58.9 Å². The van der Waals surface area contributed by atoms with Gasteiger partial charge < -0.3 is 19.7 Å². The van der Waals surface area contributed by atoms with Crippen molar-refractivity contribution >= 4 is 11.9 Å². The summed E-state index contributed by atoms with van der Waals surface area (Å²) in [5.74, 6) is 0.755. The number of allylic oxidation sites excluding steroid dienone is 1. The predicted molar refractivity (Wildman–Crippen MR) is 142 cm³/mol. The molecule has 0 atom stereocenters. The standard InChI is InChI=1S/C28H40N6O/c1-5-21(2)25(27(35)34-17-11-24(12-18-34)33-14-6-7-15-33)9-8-13-29-28-30-19-22(3)26(31-28)23-10-16-32(4)20-23/h8-10,16,19-20,24H,5-7,11-15,17-18H2,1-4H3,(H,29,30,31)/b9-8-,25-21+. The summed E-state index contributed by atoms with van der Waals surface area (Å²) in [6, 6.07) is 2.71. The SMILES string of the molecule is CC/C(C)=C(\C=C/CNc1ncc(C)c(-c2ccn(C)c2)n1)C(=O)N1CCC(N2CCCC2)CC1. The molecule has 4 heterocycles. The molecule has 2 aromatic rings. The Morgan fingerprint density at radius 3 is 2.60 bits per heavy atom. The van der Waals surface area contributed by atoms with Crippen molar-refractivity contribution in [2.75, 3.05) is 38.0 Å². The van der Waals surface area contributed by atoms with Crippen LogP contribution in [-0.2, 0) is 11.8 Å². The number of amides is 1. The van der Waals surface area contributed by atoms with Crippen LogP contribution in [0.2, 0.25) is 0 Å². The van der Waals surface area contributed by atoms with Crippen molar-refractivity contribution in [3.05, 3.63) is 53.5 Å². The fraction of sp³-hybridized carbons (Fsp3) is 0.536. The molecule has 1 amide bonds. The van der Waals surface area contributed by atoms with Crippen molar-refractivity contribution in [1.29, 1.82) is 0 Å². The highest BCUT2D eigenvalue weighted by molar-refractivity contribution is 5.97. The van der Waals surface area contributed by atoms with Crippen molar-refractivity contribution < 1.29 is 4.79 Å². The Labute approximate surface area is 209 Å². The molecule has 0 radical (unpaired) electrons. The zero-order valence-corrected chi connectivity index (χ0v) is 21.8. The zero-order valence-electron chi connectivity index (χ0n) is 21.8. The molecule has 4 rings (SSSR count). The Bertz CT molecular complexity index is 1070. The van der Waals surface area contributed by atoms with Gasteiger partial charge in [0.25, 0.3) is 5.91 Å². The molecule has 7 heteroatoms. The predicted octanol–water partition coefficient (Wildman–Crippen LogP) is 4.57. The van der Waals surface area contributed by atoms with Gasteiger partial charge in [-0.1, -0.05) is 24.6 Å². The van der Waals surface area contributed by atoms with Crippen LogP contribution in [0.15, 0.2) is 48.0 Å². The largest absolute Gasteiger partial charge is 0.357 e. The third-order valence-electron chi connectivity index (χ3n) is 7.37. The second-order valence-corrected chi connectivity index (χ2v) is 9.89. The molecule has 0 aromatic carbocycles. The van der Waals surface area contributed by atoms with Gasteiger partial charge in [0.05, 0.1) is 5.69 Å². The Morgan fingerprint density at radius 2 is 1.94 bits per heavy atom. The number of aromatic nitrogens is 3. The number of aryl methyl sites for hydroxylation is 2. The number of carbonyl (C=O) groups is 1. The van der Waals surface area contributed by atoms with Gasteiger partial charge in [-0.15, -0.1) is 0 Å². The van der Waals surface area contributed by atoms with E-state index in [1.807, 2.05) is 48.0 Å². The van der Waals surface area contributed by atoms with Crippen LogP contribution < -0.4 is 5.32 Å². The van der Waals surface area contributed by atoms with E-state index >= 15 is 0 Å². The molecule has 2 fully saturated rings. The van der Waals surface area contributed by atoms with E-state index in [9.17, 15) is 4.79 Å². The number of nitrogens with one attached hydrogen (secondary N) is 1. The molecule has 188 valence electrons. The summed E-state index contributed by atoms with van der Waals surface area (Å²) in [5.41, 5.74) is 5.01. The van der Waals surface area contributed by atoms with E-state index in [-0.39, 0.29) is 5.91 Å². The number of carbonyl (C=O) groups excluding carboxylic acids is 1. The first kappa shape index (κ1) is 25.2. The van der Waals surface area contributed by atoms with E-state index in [4.69, 9.17) is 4.98 Å². The van der Waals surface area contributed by atoms with Gasteiger partial charge in [0.2, 0.25) is 5.95 Å². The van der Waals surface area contributed by atoms with E-state index in [0.29, 0.717) is 18.5 Å². The lowest BCUT2D eigenvalue weighted by Gasteiger charge is -2.37. The van der Waals surface area contributed by atoms with Crippen LogP contribution in [0.4, 0.5) is 5.95 Å². The molecular formula is C28H40N6O. The minimum Gasteiger partial charge on any atom is -0.357 e. The van der Waals surface area contributed by atoms with Gasteiger partial charge in [0, 0.05) is 62.5 Å². The topological polar surface area (TPSA) is 66.3 Å². The molecule has 2 aromatic heterocycles. The van der Waals surface area contributed by atoms with Crippen LogP contribution >= 0.6 is 0 Å². The first-order chi connectivity index (χ1) is 17.0. The highest BCUT2D eigenvalue weighted by Crippen LogP contribution is 2.24. The van der Waals surface area contributed by atoms with Crippen LogP contribution in [0, 0.1) is 6.92 Å².